The smallest absolute Gasteiger partial charge is 0.327 e. The molecule has 0 saturated heterocycles. The lowest BCUT2D eigenvalue weighted by molar-refractivity contribution is -0.141. The number of nitrogens with two attached hydrogens (primary N) is 1. The molecule has 13 heteroatoms. The Balaban J connectivity index is 2.26. The van der Waals surface area contributed by atoms with Crippen molar-refractivity contribution in [2.75, 3.05) is 24.4 Å². The Hall–Kier alpha value is -2.74. The van der Waals surface area contributed by atoms with E-state index in [1.807, 2.05) is 30.5 Å². The van der Waals surface area contributed by atoms with Crippen LogP contribution in [0.15, 0.2) is 30.5 Å². The van der Waals surface area contributed by atoms with Gasteiger partial charge in [0.25, 0.3) is 0 Å². The topological polar surface area (TPSA) is 187 Å². The SMILES string of the molecule is CSCCC(NC(=O)C(Cc1c[nH]c2ccccc12)NC(=O)C(N)CO)C(=O)NC(CS)C(=O)O. The van der Waals surface area contributed by atoms with Crippen LogP contribution >= 0.6 is 24.4 Å². The number of carbonyl (C=O) groups is 4. The van der Waals surface area contributed by atoms with Crippen molar-refractivity contribution >= 4 is 59.0 Å². The minimum absolute atomic E-state index is 0.0883. The molecular weight excluding hydrogens is 494 g/mol. The van der Waals surface area contributed by atoms with Crippen LogP contribution in [0.5, 0.6) is 0 Å². The van der Waals surface area contributed by atoms with Gasteiger partial charge in [-0.25, -0.2) is 4.79 Å². The number of benzene rings is 1. The number of fused-ring (bicyclic) bond motifs is 1. The maximum Gasteiger partial charge on any atom is 0.327 e. The Morgan fingerprint density at radius 3 is 2.31 bits per heavy atom. The fourth-order valence-corrected chi connectivity index (χ4v) is 4.04. The zero-order valence-electron chi connectivity index (χ0n) is 19.2. The molecule has 8 N–H and O–H groups in total. The zero-order chi connectivity index (χ0) is 26.0. The normalized spacial score (nSPS) is 14.5. The van der Waals surface area contributed by atoms with Gasteiger partial charge in [0.05, 0.1) is 6.61 Å². The average Bonchev–Trinajstić information content (AvgIpc) is 3.26. The van der Waals surface area contributed by atoms with Crippen LogP contribution in [-0.4, -0.2) is 87.4 Å². The van der Waals surface area contributed by atoms with Crippen molar-refractivity contribution < 1.29 is 29.4 Å². The molecule has 3 amide bonds. The van der Waals surface area contributed by atoms with Crippen LogP contribution in [0.1, 0.15) is 12.0 Å². The number of rotatable bonds is 14. The molecule has 0 radical (unpaired) electrons. The van der Waals surface area contributed by atoms with Crippen molar-refractivity contribution in [2.24, 2.45) is 5.73 Å². The lowest BCUT2D eigenvalue weighted by Gasteiger charge is -2.25. The van der Waals surface area contributed by atoms with Gasteiger partial charge in [0.2, 0.25) is 17.7 Å². The highest BCUT2D eigenvalue weighted by Crippen LogP contribution is 2.19. The Kier molecular flexibility index (Phi) is 11.4. The third kappa shape index (κ3) is 8.16. The number of aliphatic carboxylic acids is 1. The lowest BCUT2D eigenvalue weighted by Crippen LogP contribution is -2.58. The molecule has 0 saturated carbocycles. The van der Waals surface area contributed by atoms with E-state index in [0.717, 1.165) is 16.5 Å². The third-order valence-corrected chi connectivity index (χ3v) is 6.32. The maximum atomic E-state index is 13.3. The number of hydrogen-bond donors (Lipinski definition) is 8. The Labute approximate surface area is 212 Å². The van der Waals surface area contributed by atoms with E-state index in [-0.39, 0.29) is 18.6 Å². The fraction of sp³-hybridized carbons (Fsp3) is 0.455. The van der Waals surface area contributed by atoms with Gasteiger partial charge >= 0.3 is 5.97 Å². The fourth-order valence-electron chi connectivity index (χ4n) is 3.33. The van der Waals surface area contributed by atoms with Gasteiger partial charge in [0.15, 0.2) is 0 Å². The minimum Gasteiger partial charge on any atom is -0.480 e. The number of aromatic amines is 1. The van der Waals surface area contributed by atoms with Crippen LogP contribution in [0.4, 0.5) is 0 Å². The molecule has 0 aliphatic carbocycles. The van der Waals surface area contributed by atoms with Crippen molar-refractivity contribution in [3.63, 3.8) is 0 Å². The van der Waals surface area contributed by atoms with Crippen LogP contribution in [0.2, 0.25) is 0 Å². The third-order valence-electron chi connectivity index (χ3n) is 5.31. The van der Waals surface area contributed by atoms with Crippen molar-refractivity contribution in [3.8, 4) is 0 Å². The zero-order valence-corrected chi connectivity index (χ0v) is 20.9. The number of nitrogens with one attached hydrogen (secondary N) is 4. The summed E-state index contributed by atoms with van der Waals surface area (Å²) in [5.74, 6) is -2.88. The molecule has 4 atom stereocenters. The van der Waals surface area contributed by atoms with E-state index in [1.54, 1.807) is 6.20 Å². The predicted octanol–water partition coefficient (Wildman–Crippen LogP) is -0.748. The van der Waals surface area contributed by atoms with E-state index in [4.69, 9.17) is 5.73 Å². The van der Waals surface area contributed by atoms with Gasteiger partial charge < -0.3 is 36.9 Å². The number of amides is 3. The summed E-state index contributed by atoms with van der Waals surface area (Å²) in [6.07, 6.45) is 3.89. The van der Waals surface area contributed by atoms with E-state index < -0.39 is 54.5 Å². The molecule has 2 rings (SSSR count). The van der Waals surface area contributed by atoms with E-state index in [0.29, 0.717) is 5.75 Å². The van der Waals surface area contributed by atoms with Crippen LogP contribution in [0, 0.1) is 0 Å². The standard InChI is InChI=1S/C22H31N5O6S2/c1-35-7-6-16(20(30)27-18(11-34)22(32)33)25-21(31)17(26-19(29)14(23)10-28)8-12-9-24-15-5-3-2-4-13(12)15/h2-5,9,14,16-18,24,28,34H,6-8,10-11,23H2,1H3,(H,25,31)(H,26,29)(H,27,30)(H,32,33). The highest BCUT2D eigenvalue weighted by molar-refractivity contribution is 7.98. The summed E-state index contributed by atoms with van der Waals surface area (Å²) in [7, 11) is 0. The van der Waals surface area contributed by atoms with Crippen LogP contribution in [-0.2, 0) is 25.6 Å². The molecule has 1 heterocycles. The number of aliphatic hydroxyl groups is 1. The summed E-state index contributed by atoms with van der Waals surface area (Å²) in [4.78, 5) is 52.8. The van der Waals surface area contributed by atoms with Gasteiger partial charge in [-0.1, -0.05) is 18.2 Å². The molecule has 4 unspecified atom stereocenters. The summed E-state index contributed by atoms with van der Waals surface area (Å²) >= 11 is 5.40. The number of thiol groups is 1. The highest BCUT2D eigenvalue weighted by atomic mass is 32.2. The number of aromatic nitrogens is 1. The van der Waals surface area contributed by atoms with Gasteiger partial charge in [0, 0.05) is 29.3 Å². The molecule has 2 aromatic rings. The number of H-pyrrole nitrogens is 1. The molecule has 35 heavy (non-hydrogen) atoms. The van der Waals surface area contributed by atoms with Gasteiger partial charge in [0.1, 0.15) is 24.2 Å². The van der Waals surface area contributed by atoms with Crippen molar-refractivity contribution in [1.29, 1.82) is 0 Å². The number of carboxylic acid groups (broad SMARTS) is 1. The second-order valence-corrected chi connectivity index (χ2v) is 9.19. The molecule has 192 valence electrons. The van der Waals surface area contributed by atoms with Gasteiger partial charge in [-0.2, -0.15) is 24.4 Å². The summed E-state index contributed by atoms with van der Waals surface area (Å²) in [6.45, 7) is -0.605. The van der Waals surface area contributed by atoms with Crippen LogP contribution in [0.3, 0.4) is 0 Å². The highest BCUT2D eigenvalue weighted by Gasteiger charge is 2.30. The number of carbonyl (C=O) groups excluding carboxylic acids is 3. The van der Waals surface area contributed by atoms with E-state index in [1.165, 1.54) is 11.8 Å². The largest absolute Gasteiger partial charge is 0.480 e. The first-order valence-electron chi connectivity index (χ1n) is 10.9. The number of aliphatic hydroxyl groups excluding tert-OH is 1. The number of thioether (sulfide) groups is 1. The molecule has 0 spiro atoms. The van der Waals surface area contributed by atoms with E-state index in [9.17, 15) is 29.4 Å². The Morgan fingerprint density at radius 2 is 1.69 bits per heavy atom. The molecule has 0 bridgehead atoms. The monoisotopic (exact) mass is 525 g/mol. The molecule has 1 aromatic heterocycles. The van der Waals surface area contributed by atoms with Crippen LogP contribution < -0.4 is 21.7 Å². The minimum atomic E-state index is -1.24. The Morgan fingerprint density at radius 1 is 1.06 bits per heavy atom. The van der Waals surface area contributed by atoms with E-state index >= 15 is 0 Å². The summed E-state index contributed by atoms with van der Waals surface area (Å²) in [5.41, 5.74) is 7.22. The van der Waals surface area contributed by atoms with Crippen molar-refractivity contribution in [3.05, 3.63) is 36.0 Å². The van der Waals surface area contributed by atoms with Gasteiger partial charge in [-0.05, 0) is 30.1 Å². The van der Waals surface area contributed by atoms with Crippen molar-refractivity contribution in [2.45, 2.75) is 37.0 Å². The second kappa shape index (κ2) is 14.0. The molecule has 0 fully saturated rings. The quantitative estimate of drug-likeness (QED) is 0.148. The number of hydrogen-bond acceptors (Lipinski definition) is 8. The lowest BCUT2D eigenvalue weighted by atomic mass is 10.0. The van der Waals surface area contributed by atoms with Gasteiger partial charge in [-0.15, -0.1) is 0 Å². The summed E-state index contributed by atoms with van der Waals surface area (Å²) in [5, 5.41) is 26.9. The first kappa shape index (κ1) is 28.5. The second-order valence-electron chi connectivity index (χ2n) is 7.84. The van der Waals surface area contributed by atoms with E-state index in [2.05, 4.69) is 33.6 Å². The summed E-state index contributed by atoms with van der Waals surface area (Å²) in [6, 6.07) is 2.86. The van der Waals surface area contributed by atoms with Gasteiger partial charge in [-0.3, -0.25) is 14.4 Å². The average molecular weight is 526 g/mol. The number of para-hydroxylation sites is 1. The first-order valence-corrected chi connectivity index (χ1v) is 12.9. The molecule has 1 aromatic carbocycles. The van der Waals surface area contributed by atoms with Crippen molar-refractivity contribution in [1.82, 2.24) is 20.9 Å². The maximum absolute atomic E-state index is 13.3. The first-order chi connectivity index (χ1) is 16.7. The summed E-state index contributed by atoms with van der Waals surface area (Å²) < 4.78 is 0. The molecule has 11 nitrogen and oxygen atoms in total. The molecular formula is C22H31N5O6S2. The predicted molar refractivity (Wildman–Crippen MR) is 137 cm³/mol. The van der Waals surface area contributed by atoms with Crippen LogP contribution in [0.25, 0.3) is 10.9 Å². The molecule has 0 aliphatic heterocycles. The Bertz CT molecular complexity index is 1030. The number of carboxylic acids is 1. The molecule has 0 aliphatic rings.